The smallest absolute Gasteiger partial charge is 0.123 e. The molecule has 2 rings (SSSR count). The second kappa shape index (κ2) is 6.42. The molecule has 1 aliphatic carbocycles. The molecule has 1 aromatic carbocycles. The van der Waals surface area contributed by atoms with Gasteiger partial charge in [-0.1, -0.05) is 32.0 Å². The van der Waals surface area contributed by atoms with Gasteiger partial charge in [-0.2, -0.15) is 0 Å². The second-order valence-electron chi connectivity index (χ2n) is 6.09. The van der Waals surface area contributed by atoms with Crippen LogP contribution in [-0.2, 0) is 0 Å². The Hall–Kier alpha value is -1.02. The molecule has 19 heavy (non-hydrogen) atoms. The Kier molecular flexibility index (Phi) is 4.87. The van der Waals surface area contributed by atoms with E-state index in [0.29, 0.717) is 12.1 Å². The van der Waals surface area contributed by atoms with E-state index in [0.717, 1.165) is 17.6 Å². The van der Waals surface area contributed by atoms with Gasteiger partial charge in [0.15, 0.2) is 0 Å². The Morgan fingerprint density at radius 3 is 2.58 bits per heavy atom. The Labute approximate surface area is 117 Å². The Morgan fingerprint density at radius 1 is 1.16 bits per heavy atom. The van der Waals surface area contributed by atoms with Crippen molar-refractivity contribution in [2.45, 2.75) is 52.1 Å². The van der Waals surface area contributed by atoms with Gasteiger partial charge in [0.25, 0.3) is 0 Å². The molecule has 3 unspecified atom stereocenters. The summed E-state index contributed by atoms with van der Waals surface area (Å²) in [5.74, 6) is 2.69. The van der Waals surface area contributed by atoms with Crippen molar-refractivity contribution in [2.75, 3.05) is 7.11 Å². The molecule has 0 aromatic heterocycles. The van der Waals surface area contributed by atoms with Gasteiger partial charge in [0.2, 0.25) is 0 Å². The van der Waals surface area contributed by atoms with E-state index in [1.54, 1.807) is 7.11 Å². The number of rotatable bonds is 4. The maximum absolute atomic E-state index is 5.45. The van der Waals surface area contributed by atoms with Crippen molar-refractivity contribution in [3.63, 3.8) is 0 Å². The van der Waals surface area contributed by atoms with Crippen molar-refractivity contribution < 1.29 is 4.74 Å². The summed E-state index contributed by atoms with van der Waals surface area (Å²) in [5.41, 5.74) is 1.26. The fourth-order valence-corrected chi connectivity index (χ4v) is 3.17. The maximum atomic E-state index is 5.45. The quantitative estimate of drug-likeness (QED) is 0.878. The minimum atomic E-state index is 0.349. The molecule has 1 saturated carbocycles. The summed E-state index contributed by atoms with van der Waals surface area (Å²) >= 11 is 0. The number of hydrogen-bond donors (Lipinski definition) is 1. The molecule has 106 valence electrons. The molecule has 0 radical (unpaired) electrons. The zero-order valence-corrected chi connectivity index (χ0v) is 12.6. The summed E-state index contributed by atoms with van der Waals surface area (Å²) in [6.07, 6.45) is 3.93. The molecule has 0 aliphatic heterocycles. The van der Waals surface area contributed by atoms with Crippen LogP contribution in [0.15, 0.2) is 24.3 Å². The second-order valence-corrected chi connectivity index (χ2v) is 6.09. The van der Waals surface area contributed by atoms with E-state index in [1.165, 1.54) is 24.8 Å². The summed E-state index contributed by atoms with van der Waals surface area (Å²) < 4.78 is 5.45. The van der Waals surface area contributed by atoms with Gasteiger partial charge in [0.1, 0.15) is 5.75 Å². The van der Waals surface area contributed by atoms with Crippen LogP contribution in [0.1, 0.15) is 51.6 Å². The van der Waals surface area contributed by atoms with E-state index in [9.17, 15) is 0 Å². The van der Waals surface area contributed by atoms with E-state index in [-0.39, 0.29) is 0 Å². The first kappa shape index (κ1) is 14.4. The van der Waals surface area contributed by atoms with Gasteiger partial charge in [-0.05, 0) is 44.1 Å². The summed E-state index contributed by atoms with van der Waals surface area (Å²) in [4.78, 5) is 0. The van der Waals surface area contributed by atoms with Gasteiger partial charge in [0, 0.05) is 17.6 Å². The van der Waals surface area contributed by atoms with Crippen molar-refractivity contribution in [1.29, 1.82) is 0 Å². The third-order valence-corrected chi connectivity index (χ3v) is 4.69. The number of methoxy groups -OCH3 is 1. The molecule has 0 saturated heterocycles. The summed E-state index contributed by atoms with van der Waals surface area (Å²) in [5, 5.41) is 3.78. The monoisotopic (exact) mass is 261 g/mol. The number of para-hydroxylation sites is 1. The molecule has 0 amide bonds. The lowest BCUT2D eigenvalue weighted by molar-refractivity contribution is 0.216. The summed E-state index contributed by atoms with van der Waals surface area (Å²) in [6, 6.07) is 9.30. The minimum Gasteiger partial charge on any atom is -0.496 e. The van der Waals surface area contributed by atoms with Crippen LogP contribution in [0.2, 0.25) is 0 Å². The first-order valence-electron chi connectivity index (χ1n) is 7.50. The van der Waals surface area contributed by atoms with Crippen LogP contribution in [0, 0.1) is 11.8 Å². The minimum absolute atomic E-state index is 0.349. The molecule has 0 heterocycles. The van der Waals surface area contributed by atoms with E-state index in [2.05, 4.69) is 38.2 Å². The highest BCUT2D eigenvalue weighted by Gasteiger charge is 2.25. The van der Waals surface area contributed by atoms with Crippen molar-refractivity contribution >= 4 is 0 Å². The highest BCUT2D eigenvalue weighted by molar-refractivity contribution is 5.35. The lowest BCUT2D eigenvalue weighted by Gasteiger charge is -2.34. The maximum Gasteiger partial charge on any atom is 0.123 e. The van der Waals surface area contributed by atoms with E-state index >= 15 is 0 Å². The number of benzene rings is 1. The van der Waals surface area contributed by atoms with Crippen LogP contribution >= 0.6 is 0 Å². The lowest BCUT2D eigenvalue weighted by Crippen LogP contribution is -2.37. The van der Waals surface area contributed by atoms with E-state index < -0.39 is 0 Å². The average molecular weight is 261 g/mol. The fourth-order valence-electron chi connectivity index (χ4n) is 3.17. The van der Waals surface area contributed by atoms with Crippen molar-refractivity contribution in [1.82, 2.24) is 5.32 Å². The fraction of sp³-hybridized carbons (Fsp3) is 0.647. The van der Waals surface area contributed by atoms with Crippen LogP contribution in [0.3, 0.4) is 0 Å². The van der Waals surface area contributed by atoms with Gasteiger partial charge in [-0.3, -0.25) is 0 Å². The highest BCUT2D eigenvalue weighted by atomic mass is 16.5. The zero-order valence-electron chi connectivity index (χ0n) is 12.6. The van der Waals surface area contributed by atoms with Crippen molar-refractivity contribution in [3.05, 3.63) is 29.8 Å². The predicted molar refractivity (Wildman–Crippen MR) is 80.5 cm³/mol. The third-order valence-electron chi connectivity index (χ3n) is 4.69. The predicted octanol–water partition coefficient (Wildman–Crippen LogP) is 4.17. The molecule has 2 heteroatoms. The molecule has 0 spiro atoms. The topological polar surface area (TPSA) is 21.3 Å². The Morgan fingerprint density at radius 2 is 1.89 bits per heavy atom. The van der Waals surface area contributed by atoms with Gasteiger partial charge in [-0.25, -0.2) is 0 Å². The number of ether oxygens (including phenoxy) is 1. The SMILES string of the molecule is COc1ccccc1[C@H](C)NC1CCC(C)C(C)C1. The van der Waals surface area contributed by atoms with Gasteiger partial charge in [0.05, 0.1) is 7.11 Å². The van der Waals surface area contributed by atoms with Gasteiger partial charge in [-0.15, -0.1) is 0 Å². The summed E-state index contributed by atoms with van der Waals surface area (Å²) in [7, 11) is 1.75. The lowest BCUT2D eigenvalue weighted by atomic mass is 9.79. The van der Waals surface area contributed by atoms with Crippen LogP contribution in [0.25, 0.3) is 0 Å². The molecule has 1 aliphatic rings. The van der Waals surface area contributed by atoms with Crippen LogP contribution in [-0.4, -0.2) is 13.2 Å². The molecule has 1 fully saturated rings. The standard InChI is InChI=1S/C17H27NO/c1-12-9-10-15(11-13(12)2)18-14(3)16-7-5-6-8-17(16)19-4/h5-8,12-15,18H,9-11H2,1-4H3/t12?,13?,14-,15?/m0/s1. The van der Waals surface area contributed by atoms with E-state index in [1.807, 2.05) is 12.1 Å². The van der Waals surface area contributed by atoms with E-state index in [4.69, 9.17) is 4.74 Å². The van der Waals surface area contributed by atoms with Crippen LogP contribution < -0.4 is 10.1 Å². The number of hydrogen-bond acceptors (Lipinski definition) is 2. The molecule has 1 aromatic rings. The van der Waals surface area contributed by atoms with Crippen LogP contribution in [0.4, 0.5) is 0 Å². The molecule has 1 N–H and O–H groups in total. The third kappa shape index (κ3) is 3.50. The molecule has 0 bridgehead atoms. The summed E-state index contributed by atoms with van der Waals surface area (Å²) in [6.45, 7) is 7.00. The first-order chi connectivity index (χ1) is 9.11. The number of nitrogens with one attached hydrogen (secondary N) is 1. The molecular formula is C17H27NO. The van der Waals surface area contributed by atoms with Gasteiger partial charge >= 0.3 is 0 Å². The Balaban J connectivity index is 1.99. The Bertz CT molecular complexity index is 404. The van der Waals surface area contributed by atoms with Gasteiger partial charge < -0.3 is 10.1 Å². The molecule has 4 atom stereocenters. The zero-order chi connectivity index (χ0) is 13.8. The highest BCUT2D eigenvalue weighted by Crippen LogP contribution is 2.31. The van der Waals surface area contributed by atoms with Crippen LogP contribution in [0.5, 0.6) is 5.75 Å². The largest absolute Gasteiger partial charge is 0.496 e. The molecule has 2 nitrogen and oxygen atoms in total. The normalized spacial score (nSPS) is 28.9. The van der Waals surface area contributed by atoms with Crippen molar-refractivity contribution in [3.8, 4) is 5.75 Å². The molecular weight excluding hydrogens is 234 g/mol. The first-order valence-corrected chi connectivity index (χ1v) is 7.50. The van der Waals surface area contributed by atoms with Crippen molar-refractivity contribution in [2.24, 2.45) is 11.8 Å². The average Bonchev–Trinajstić information content (AvgIpc) is 2.43.